The Kier molecular flexibility index (Phi) is 2.61. The van der Waals surface area contributed by atoms with Crippen molar-refractivity contribution in [2.45, 2.75) is 45.6 Å². The zero-order valence-electron chi connectivity index (χ0n) is 9.24. The summed E-state index contributed by atoms with van der Waals surface area (Å²) in [7, 11) is 0. The maximum Gasteiger partial charge on any atom is 0.0646 e. The van der Waals surface area contributed by atoms with Crippen LogP contribution in [-0.2, 0) is 0 Å². The Balaban J connectivity index is 2.26. The van der Waals surface area contributed by atoms with Crippen molar-refractivity contribution in [1.29, 1.82) is 0 Å². The molecule has 14 heavy (non-hydrogen) atoms. The highest BCUT2D eigenvalue weighted by Gasteiger charge is 2.55. The second-order valence-corrected chi connectivity index (χ2v) is 5.52. The van der Waals surface area contributed by atoms with Crippen molar-refractivity contribution in [2.24, 2.45) is 23.2 Å². The monoisotopic (exact) mass is 198 g/mol. The molecule has 0 aromatic carbocycles. The average molecular weight is 198 g/mol. The van der Waals surface area contributed by atoms with E-state index in [0.717, 1.165) is 0 Å². The van der Waals surface area contributed by atoms with Gasteiger partial charge in [0.25, 0.3) is 0 Å². The van der Waals surface area contributed by atoms with Crippen LogP contribution in [0.4, 0.5) is 0 Å². The van der Waals surface area contributed by atoms with Crippen molar-refractivity contribution in [3.05, 3.63) is 0 Å². The lowest BCUT2D eigenvalue weighted by molar-refractivity contribution is -0.0230. The van der Waals surface area contributed by atoms with Gasteiger partial charge in [-0.3, -0.25) is 0 Å². The van der Waals surface area contributed by atoms with Crippen LogP contribution in [0.5, 0.6) is 0 Å². The lowest BCUT2D eigenvalue weighted by Gasteiger charge is -2.36. The molecule has 0 unspecified atom stereocenters. The Morgan fingerprint density at radius 3 is 2.57 bits per heavy atom. The summed E-state index contributed by atoms with van der Waals surface area (Å²) in [6, 6.07) is 0. The van der Waals surface area contributed by atoms with Crippen LogP contribution in [0.3, 0.4) is 0 Å². The van der Waals surface area contributed by atoms with Crippen LogP contribution in [0.1, 0.15) is 39.5 Å². The van der Waals surface area contributed by atoms with E-state index in [1.54, 1.807) is 0 Å². The van der Waals surface area contributed by atoms with Crippen molar-refractivity contribution in [3.63, 3.8) is 0 Å². The van der Waals surface area contributed by atoms with Crippen LogP contribution in [0, 0.1) is 23.2 Å². The van der Waals surface area contributed by atoms with Gasteiger partial charge >= 0.3 is 0 Å². The third-order valence-corrected chi connectivity index (χ3v) is 4.86. The summed E-state index contributed by atoms with van der Waals surface area (Å²) in [5, 5.41) is 19.7. The van der Waals surface area contributed by atoms with Crippen LogP contribution >= 0.6 is 0 Å². The first kappa shape index (κ1) is 10.4. The summed E-state index contributed by atoms with van der Waals surface area (Å²) in [5.74, 6) is 1.57. The first-order valence-corrected chi connectivity index (χ1v) is 5.90. The zero-order chi connectivity index (χ0) is 10.3. The Hall–Kier alpha value is -0.0800. The maximum absolute atomic E-state index is 10.2. The molecule has 2 aliphatic rings. The molecule has 2 N–H and O–H groups in total. The number of aliphatic hydroxyl groups is 2. The number of hydrogen-bond acceptors (Lipinski definition) is 2. The summed E-state index contributed by atoms with van der Waals surface area (Å²) in [6.45, 7) is 4.35. The Bertz CT molecular complexity index is 216. The molecule has 0 aliphatic heterocycles. The summed E-state index contributed by atoms with van der Waals surface area (Å²) < 4.78 is 0. The molecule has 0 radical (unpaired) electrons. The quantitative estimate of drug-likeness (QED) is 0.674. The first-order chi connectivity index (χ1) is 6.61. The molecule has 0 spiro atoms. The molecule has 0 aromatic heterocycles. The Morgan fingerprint density at radius 2 is 1.93 bits per heavy atom. The molecule has 2 rings (SSSR count). The molecule has 5 atom stereocenters. The van der Waals surface area contributed by atoms with Gasteiger partial charge in [-0.15, -0.1) is 0 Å². The van der Waals surface area contributed by atoms with Gasteiger partial charge in [-0.05, 0) is 30.6 Å². The van der Waals surface area contributed by atoms with Gasteiger partial charge in [0, 0.05) is 5.41 Å². The number of fused-ring (bicyclic) bond motifs is 1. The van der Waals surface area contributed by atoms with Crippen LogP contribution in [-0.4, -0.2) is 22.9 Å². The van der Waals surface area contributed by atoms with Gasteiger partial charge in [0.1, 0.15) is 0 Å². The molecule has 2 saturated carbocycles. The first-order valence-electron chi connectivity index (χ1n) is 5.90. The lowest BCUT2D eigenvalue weighted by atomic mass is 9.70. The van der Waals surface area contributed by atoms with Gasteiger partial charge < -0.3 is 10.2 Å². The van der Waals surface area contributed by atoms with Crippen LogP contribution in [0.15, 0.2) is 0 Å². The van der Waals surface area contributed by atoms with Gasteiger partial charge in [0.15, 0.2) is 0 Å². The normalized spacial score (nSPS) is 53.1. The number of rotatable bonds is 1. The summed E-state index contributed by atoms with van der Waals surface area (Å²) in [4.78, 5) is 0. The number of aliphatic hydroxyl groups excluding tert-OH is 2. The third kappa shape index (κ3) is 1.24. The Morgan fingerprint density at radius 1 is 1.29 bits per heavy atom. The van der Waals surface area contributed by atoms with Crippen molar-refractivity contribution in [2.75, 3.05) is 6.61 Å². The molecule has 2 fully saturated rings. The van der Waals surface area contributed by atoms with Crippen LogP contribution in [0.25, 0.3) is 0 Å². The molecule has 0 saturated heterocycles. The molecule has 0 heterocycles. The van der Waals surface area contributed by atoms with Crippen molar-refractivity contribution in [3.8, 4) is 0 Å². The summed E-state index contributed by atoms with van der Waals surface area (Å²) >= 11 is 0. The highest BCUT2D eigenvalue weighted by molar-refractivity contribution is 5.03. The fraction of sp³-hybridized carbons (Fsp3) is 1.00. The summed E-state index contributed by atoms with van der Waals surface area (Å²) in [6.07, 6.45) is 4.72. The average Bonchev–Trinajstić information content (AvgIpc) is 2.43. The third-order valence-electron chi connectivity index (χ3n) is 4.86. The molecule has 0 amide bonds. The molecular formula is C12H22O2. The fourth-order valence-corrected chi connectivity index (χ4v) is 3.87. The Labute approximate surface area is 86.3 Å². The van der Waals surface area contributed by atoms with E-state index in [0.29, 0.717) is 17.8 Å². The summed E-state index contributed by atoms with van der Waals surface area (Å²) in [5.41, 5.74) is -0.232. The predicted octanol–water partition coefficient (Wildman–Crippen LogP) is 1.80. The van der Waals surface area contributed by atoms with E-state index in [1.807, 2.05) is 0 Å². The van der Waals surface area contributed by atoms with Crippen molar-refractivity contribution >= 4 is 0 Å². The van der Waals surface area contributed by atoms with Gasteiger partial charge in [0.2, 0.25) is 0 Å². The van der Waals surface area contributed by atoms with Crippen LogP contribution in [0.2, 0.25) is 0 Å². The second kappa shape index (κ2) is 3.49. The molecule has 2 nitrogen and oxygen atoms in total. The lowest BCUT2D eigenvalue weighted by Crippen LogP contribution is -2.38. The van der Waals surface area contributed by atoms with Gasteiger partial charge in [-0.2, -0.15) is 0 Å². The highest BCUT2D eigenvalue weighted by Crippen LogP contribution is 2.55. The highest BCUT2D eigenvalue weighted by atomic mass is 16.3. The maximum atomic E-state index is 10.2. The van der Waals surface area contributed by atoms with E-state index in [4.69, 9.17) is 0 Å². The molecule has 2 heteroatoms. The topological polar surface area (TPSA) is 40.5 Å². The molecule has 0 bridgehead atoms. The fourth-order valence-electron chi connectivity index (χ4n) is 3.87. The smallest absolute Gasteiger partial charge is 0.0646 e. The zero-order valence-corrected chi connectivity index (χ0v) is 9.24. The van der Waals surface area contributed by atoms with Gasteiger partial charge in [0.05, 0.1) is 12.7 Å². The standard InChI is InChI=1S/C12H22O2/c1-8-9-5-3-4-6-10(9)12(2,7-13)11(8)14/h8-11,13-14H,3-7H2,1-2H3/t8-,9-,10+,11-,12-/m0/s1. The minimum atomic E-state index is -0.305. The van der Waals surface area contributed by atoms with E-state index in [2.05, 4.69) is 13.8 Å². The van der Waals surface area contributed by atoms with E-state index in [1.165, 1.54) is 25.7 Å². The predicted molar refractivity (Wildman–Crippen MR) is 55.8 cm³/mol. The SMILES string of the molecule is C[C@H]1[C@@H]2CCCC[C@H]2[C@](C)(CO)[C@H]1O. The van der Waals surface area contributed by atoms with E-state index >= 15 is 0 Å². The van der Waals surface area contributed by atoms with E-state index < -0.39 is 0 Å². The van der Waals surface area contributed by atoms with Crippen molar-refractivity contribution in [1.82, 2.24) is 0 Å². The van der Waals surface area contributed by atoms with Gasteiger partial charge in [-0.1, -0.05) is 26.7 Å². The van der Waals surface area contributed by atoms with E-state index in [-0.39, 0.29) is 18.1 Å². The molecular weight excluding hydrogens is 176 g/mol. The molecule has 82 valence electrons. The van der Waals surface area contributed by atoms with Crippen LogP contribution < -0.4 is 0 Å². The molecule has 0 aromatic rings. The minimum Gasteiger partial charge on any atom is -0.396 e. The second-order valence-electron chi connectivity index (χ2n) is 5.52. The molecule has 2 aliphatic carbocycles. The van der Waals surface area contributed by atoms with E-state index in [9.17, 15) is 10.2 Å². The largest absolute Gasteiger partial charge is 0.396 e. The van der Waals surface area contributed by atoms with Gasteiger partial charge in [-0.25, -0.2) is 0 Å². The number of hydrogen-bond donors (Lipinski definition) is 2. The van der Waals surface area contributed by atoms with Crippen molar-refractivity contribution < 1.29 is 10.2 Å². The minimum absolute atomic E-state index is 0.139.